The van der Waals surface area contributed by atoms with Crippen molar-refractivity contribution in [2.75, 3.05) is 39.2 Å². The zero-order valence-electron chi connectivity index (χ0n) is 9.19. The van der Waals surface area contributed by atoms with Crippen LogP contribution in [0.25, 0.3) is 0 Å². The highest BCUT2D eigenvalue weighted by molar-refractivity contribution is 7.12. The van der Waals surface area contributed by atoms with E-state index in [1.807, 2.05) is 0 Å². The minimum absolute atomic E-state index is 0.150. The second kappa shape index (κ2) is 7.21. The van der Waals surface area contributed by atoms with Gasteiger partial charge in [0.1, 0.15) is 4.88 Å². The first-order valence-corrected chi connectivity index (χ1v) is 5.81. The number of rotatable bonds is 7. The molecule has 1 heterocycles. The molecule has 0 bridgehead atoms. The first-order valence-electron chi connectivity index (χ1n) is 4.93. The largest absolute Gasteiger partial charge is 0.397 e. The SMILES string of the molecule is COCCOCCNC(=O)c1sccc1N. The van der Waals surface area contributed by atoms with Crippen LogP contribution in [0.5, 0.6) is 0 Å². The Labute approximate surface area is 98.5 Å². The van der Waals surface area contributed by atoms with E-state index in [-0.39, 0.29) is 5.91 Å². The van der Waals surface area contributed by atoms with E-state index in [4.69, 9.17) is 15.2 Å². The van der Waals surface area contributed by atoms with E-state index >= 15 is 0 Å². The van der Waals surface area contributed by atoms with Gasteiger partial charge in [-0.25, -0.2) is 0 Å². The summed E-state index contributed by atoms with van der Waals surface area (Å²) in [6.07, 6.45) is 0. The summed E-state index contributed by atoms with van der Waals surface area (Å²) in [5.74, 6) is -0.150. The number of hydrogen-bond acceptors (Lipinski definition) is 5. The fourth-order valence-electron chi connectivity index (χ4n) is 1.07. The molecule has 1 amide bonds. The van der Waals surface area contributed by atoms with Crippen molar-refractivity contribution in [1.82, 2.24) is 5.32 Å². The number of amides is 1. The van der Waals surface area contributed by atoms with Crippen LogP contribution in [-0.2, 0) is 9.47 Å². The molecule has 5 nitrogen and oxygen atoms in total. The average Bonchev–Trinajstić information content (AvgIpc) is 2.69. The Hall–Kier alpha value is -1.11. The third-order valence-corrected chi connectivity index (χ3v) is 2.79. The molecule has 0 unspecified atom stereocenters. The first kappa shape index (κ1) is 13.0. The maximum absolute atomic E-state index is 11.6. The quantitative estimate of drug-likeness (QED) is 0.693. The number of carbonyl (C=O) groups is 1. The number of nitrogens with one attached hydrogen (secondary N) is 1. The minimum atomic E-state index is -0.150. The van der Waals surface area contributed by atoms with Gasteiger partial charge >= 0.3 is 0 Å². The van der Waals surface area contributed by atoms with Crippen LogP contribution in [0.1, 0.15) is 9.67 Å². The molecule has 0 radical (unpaired) electrons. The molecule has 0 atom stereocenters. The van der Waals surface area contributed by atoms with Crippen LogP contribution in [0.4, 0.5) is 5.69 Å². The van der Waals surface area contributed by atoms with Crippen LogP contribution in [0.15, 0.2) is 11.4 Å². The van der Waals surface area contributed by atoms with Crippen molar-refractivity contribution in [1.29, 1.82) is 0 Å². The summed E-state index contributed by atoms with van der Waals surface area (Å²) in [5.41, 5.74) is 6.13. The fourth-order valence-corrected chi connectivity index (χ4v) is 1.80. The van der Waals surface area contributed by atoms with Crippen molar-refractivity contribution in [3.05, 3.63) is 16.3 Å². The maximum atomic E-state index is 11.6. The number of nitrogen functional groups attached to an aromatic ring is 1. The third-order valence-electron chi connectivity index (χ3n) is 1.87. The molecule has 0 aliphatic carbocycles. The molecule has 6 heteroatoms. The highest BCUT2D eigenvalue weighted by Crippen LogP contribution is 2.17. The van der Waals surface area contributed by atoms with Crippen molar-refractivity contribution in [2.24, 2.45) is 0 Å². The zero-order valence-corrected chi connectivity index (χ0v) is 10.0. The van der Waals surface area contributed by atoms with Gasteiger partial charge in [-0.1, -0.05) is 0 Å². The normalized spacial score (nSPS) is 10.3. The van der Waals surface area contributed by atoms with Crippen LogP contribution in [0, 0.1) is 0 Å². The van der Waals surface area contributed by atoms with Crippen molar-refractivity contribution in [2.45, 2.75) is 0 Å². The average molecular weight is 244 g/mol. The lowest BCUT2D eigenvalue weighted by atomic mass is 10.4. The highest BCUT2D eigenvalue weighted by atomic mass is 32.1. The van der Waals surface area contributed by atoms with E-state index in [1.54, 1.807) is 18.6 Å². The third kappa shape index (κ3) is 4.18. The van der Waals surface area contributed by atoms with Crippen molar-refractivity contribution in [3.63, 3.8) is 0 Å². The smallest absolute Gasteiger partial charge is 0.263 e. The second-order valence-corrected chi connectivity index (χ2v) is 3.98. The lowest BCUT2D eigenvalue weighted by Crippen LogP contribution is -2.27. The van der Waals surface area contributed by atoms with Gasteiger partial charge in [0.25, 0.3) is 5.91 Å². The van der Waals surface area contributed by atoms with Gasteiger partial charge < -0.3 is 20.5 Å². The summed E-state index contributed by atoms with van der Waals surface area (Å²) in [4.78, 5) is 12.1. The molecule has 1 aromatic rings. The van der Waals surface area contributed by atoms with Gasteiger partial charge in [0.2, 0.25) is 0 Å². The molecule has 0 fully saturated rings. The van der Waals surface area contributed by atoms with Gasteiger partial charge in [-0.05, 0) is 11.4 Å². The standard InChI is InChI=1S/C10H16N2O3S/c1-14-5-6-15-4-3-12-10(13)9-8(11)2-7-16-9/h2,7H,3-6,11H2,1H3,(H,12,13). The maximum Gasteiger partial charge on any atom is 0.263 e. The molecule has 0 aromatic carbocycles. The lowest BCUT2D eigenvalue weighted by molar-refractivity contribution is 0.0693. The van der Waals surface area contributed by atoms with Crippen molar-refractivity contribution in [3.8, 4) is 0 Å². The van der Waals surface area contributed by atoms with E-state index in [9.17, 15) is 4.79 Å². The molecule has 0 aliphatic rings. The fraction of sp³-hybridized carbons (Fsp3) is 0.500. The van der Waals surface area contributed by atoms with Crippen molar-refractivity contribution >= 4 is 22.9 Å². The Morgan fingerprint density at radius 1 is 1.50 bits per heavy atom. The summed E-state index contributed by atoms with van der Waals surface area (Å²) in [6, 6.07) is 1.72. The minimum Gasteiger partial charge on any atom is -0.397 e. The summed E-state index contributed by atoms with van der Waals surface area (Å²) < 4.78 is 10.0. The molecular formula is C10H16N2O3S. The number of carbonyl (C=O) groups excluding carboxylic acids is 1. The molecule has 0 saturated heterocycles. The molecule has 1 rings (SSSR count). The lowest BCUT2D eigenvalue weighted by Gasteiger charge is -2.05. The second-order valence-electron chi connectivity index (χ2n) is 3.07. The molecule has 90 valence electrons. The van der Waals surface area contributed by atoms with Crippen LogP contribution in [0.3, 0.4) is 0 Å². The number of hydrogen-bond donors (Lipinski definition) is 2. The number of ether oxygens (including phenoxy) is 2. The molecule has 0 aliphatic heterocycles. The predicted octanol–water partition coefficient (Wildman–Crippen LogP) is 0.723. The van der Waals surface area contributed by atoms with Gasteiger partial charge in [-0.3, -0.25) is 4.79 Å². The molecule has 0 spiro atoms. The molecule has 1 aromatic heterocycles. The van der Waals surface area contributed by atoms with Crippen molar-refractivity contribution < 1.29 is 14.3 Å². The number of thiophene rings is 1. The summed E-state index contributed by atoms with van der Waals surface area (Å²) in [6.45, 7) is 2.04. The van der Waals surface area contributed by atoms with E-state index in [2.05, 4.69) is 5.32 Å². The number of methoxy groups -OCH3 is 1. The summed E-state index contributed by atoms with van der Waals surface area (Å²) >= 11 is 1.33. The van der Waals surface area contributed by atoms with Crippen LogP contribution < -0.4 is 11.1 Å². The Morgan fingerprint density at radius 3 is 2.94 bits per heavy atom. The van der Waals surface area contributed by atoms with E-state index < -0.39 is 0 Å². The van der Waals surface area contributed by atoms with Gasteiger partial charge in [0.05, 0.1) is 25.5 Å². The monoisotopic (exact) mass is 244 g/mol. The molecule has 16 heavy (non-hydrogen) atoms. The van der Waals surface area contributed by atoms with Crippen LogP contribution in [-0.4, -0.2) is 39.4 Å². The summed E-state index contributed by atoms with van der Waals surface area (Å²) in [7, 11) is 1.62. The highest BCUT2D eigenvalue weighted by Gasteiger charge is 2.09. The van der Waals surface area contributed by atoms with Gasteiger partial charge in [-0.15, -0.1) is 11.3 Å². The Bertz CT molecular complexity index is 328. The van der Waals surface area contributed by atoms with E-state index in [1.165, 1.54) is 11.3 Å². The Kier molecular flexibility index (Phi) is 5.84. The molecular weight excluding hydrogens is 228 g/mol. The zero-order chi connectivity index (χ0) is 11.8. The number of anilines is 1. The summed E-state index contributed by atoms with van der Waals surface area (Å²) in [5, 5.41) is 4.52. The van der Waals surface area contributed by atoms with Gasteiger partial charge in [0.15, 0.2) is 0 Å². The van der Waals surface area contributed by atoms with E-state index in [0.29, 0.717) is 36.9 Å². The van der Waals surface area contributed by atoms with E-state index in [0.717, 1.165) is 0 Å². The van der Waals surface area contributed by atoms with Crippen LogP contribution >= 0.6 is 11.3 Å². The number of nitrogens with two attached hydrogens (primary N) is 1. The predicted molar refractivity (Wildman–Crippen MR) is 63.8 cm³/mol. The Balaban J connectivity index is 2.14. The molecule has 0 saturated carbocycles. The Morgan fingerprint density at radius 2 is 2.31 bits per heavy atom. The van der Waals surface area contributed by atoms with Gasteiger partial charge in [0, 0.05) is 13.7 Å². The topological polar surface area (TPSA) is 73.6 Å². The molecule has 3 N–H and O–H groups in total. The van der Waals surface area contributed by atoms with Crippen LogP contribution in [0.2, 0.25) is 0 Å². The first-order chi connectivity index (χ1) is 7.75. The van der Waals surface area contributed by atoms with Gasteiger partial charge in [-0.2, -0.15) is 0 Å².